The van der Waals surface area contributed by atoms with E-state index in [1.54, 1.807) is 0 Å². The molecule has 1 fully saturated rings. The van der Waals surface area contributed by atoms with E-state index in [0.29, 0.717) is 13.1 Å². The predicted molar refractivity (Wildman–Crippen MR) is 77.2 cm³/mol. The van der Waals surface area contributed by atoms with Crippen molar-refractivity contribution in [2.45, 2.75) is 13.0 Å². The number of amides is 2. The summed E-state index contributed by atoms with van der Waals surface area (Å²) in [6, 6.07) is 7.17. The van der Waals surface area contributed by atoms with E-state index in [4.69, 9.17) is 5.73 Å². The third kappa shape index (κ3) is 3.79. The van der Waals surface area contributed by atoms with Crippen molar-refractivity contribution in [1.29, 1.82) is 0 Å². The van der Waals surface area contributed by atoms with E-state index < -0.39 is 11.9 Å². The Morgan fingerprint density at radius 2 is 2.10 bits per heavy atom. The van der Waals surface area contributed by atoms with Crippen LogP contribution in [0.25, 0.3) is 0 Å². The number of benzene rings is 1. The van der Waals surface area contributed by atoms with Gasteiger partial charge in [0.05, 0.1) is 6.54 Å². The first kappa shape index (κ1) is 14.5. The number of carbonyl (C=O) groups is 2. The van der Waals surface area contributed by atoms with Gasteiger partial charge >= 0.3 is 0 Å². The van der Waals surface area contributed by atoms with Crippen LogP contribution in [0.15, 0.2) is 24.3 Å². The number of rotatable bonds is 4. The van der Waals surface area contributed by atoms with Crippen molar-refractivity contribution < 1.29 is 9.59 Å². The summed E-state index contributed by atoms with van der Waals surface area (Å²) < 4.78 is 0. The van der Waals surface area contributed by atoms with Crippen LogP contribution in [0.4, 0.5) is 5.69 Å². The van der Waals surface area contributed by atoms with Crippen LogP contribution < -0.4 is 16.4 Å². The summed E-state index contributed by atoms with van der Waals surface area (Å²) in [4.78, 5) is 25.2. The van der Waals surface area contributed by atoms with E-state index in [1.165, 1.54) is 0 Å². The van der Waals surface area contributed by atoms with Crippen LogP contribution in [-0.4, -0.2) is 48.9 Å². The fourth-order valence-corrected chi connectivity index (χ4v) is 2.24. The molecule has 0 bridgehead atoms. The van der Waals surface area contributed by atoms with E-state index in [-0.39, 0.29) is 12.5 Å². The number of piperazine rings is 1. The van der Waals surface area contributed by atoms with Crippen LogP contribution in [0, 0.1) is 6.92 Å². The summed E-state index contributed by atoms with van der Waals surface area (Å²) in [5.41, 5.74) is 7.24. The highest BCUT2D eigenvalue weighted by molar-refractivity contribution is 5.92. The molecule has 1 saturated heterocycles. The standard InChI is InChI=1S/C14H20N4O2/c1-10-2-4-11(5-3-10)17-13(19)9-18-7-6-16-8-12(18)14(15)20/h2-5,12,16H,6-9H2,1H3,(H2,15,20)(H,17,19). The summed E-state index contributed by atoms with van der Waals surface area (Å²) in [5, 5.41) is 5.92. The number of anilines is 1. The first-order chi connectivity index (χ1) is 9.56. The molecule has 2 rings (SSSR count). The Morgan fingerprint density at radius 1 is 1.40 bits per heavy atom. The zero-order chi connectivity index (χ0) is 14.5. The molecule has 108 valence electrons. The van der Waals surface area contributed by atoms with Gasteiger partial charge in [0.25, 0.3) is 0 Å². The summed E-state index contributed by atoms with van der Waals surface area (Å²) in [6.45, 7) is 4.04. The Labute approximate surface area is 118 Å². The molecule has 0 aliphatic carbocycles. The zero-order valence-electron chi connectivity index (χ0n) is 11.6. The van der Waals surface area contributed by atoms with Crippen molar-refractivity contribution in [2.75, 3.05) is 31.5 Å². The Morgan fingerprint density at radius 3 is 2.75 bits per heavy atom. The topological polar surface area (TPSA) is 87.5 Å². The second-order valence-corrected chi connectivity index (χ2v) is 5.01. The lowest BCUT2D eigenvalue weighted by Crippen LogP contribution is -2.58. The maximum Gasteiger partial charge on any atom is 0.238 e. The Bertz CT molecular complexity index is 486. The van der Waals surface area contributed by atoms with Crippen molar-refractivity contribution in [1.82, 2.24) is 10.2 Å². The second-order valence-electron chi connectivity index (χ2n) is 5.01. The van der Waals surface area contributed by atoms with Gasteiger partial charge in [-0.05, 0) is 19.1 Å². The highest BCUT2D eigenvalue weighted by atomic mass is 16.2. The SMILES string of the molecule is Cc1ccc(NC(=O)CN2CCNCC2C(N)=O)cc1. The maximum atomic E-state index is 12.0. The van der Waals surface area contributed by atoms with Crippen molar-refractivity contribution in [3.05, 3.63) is 29.8 Å². The molecule has 2 amide bonds. The molecule has 6 nitrogen and oxygen atoms in total. The van der Waals surface area contributed by atoms with Gasteiger partial charge in [0.15, 0.2) is 0 Å². The molecule has 6 heteroatoms. The van der Waals surface area contributed by atoms with Gasteiger partial charge in [-0.25, -0.2) is 0 Å². The number of nitrogens with two attached hydrogens (primary N) is 1. The predicted octanol–water partition coefficient (Wildman–Crippen LogP) is -0.307. The minimum Gasteiger partial charge on any atom is -0.368 e. The van der Waals surface area contributed by atoms with E-state index in [9.17, 15) is 9.59 Å². The molecule has 0 saturated carbocycles. The fourth-order valence-electron chi connectivity index (χ4n) is 2.24. The quantitative estimate of drug-likeness (QED) is 0.704. The van der Waals surface area contributed by atoms with Crippen LogP contribution in [0.3, 0.4) is 0 Å². The van der Waals surface area contributed by atoms with Crippen LogP contribution in [-0.2, 0) is 9.59 Å². The molecular weight excluding hydrogens is 256 g/mol. The molecule has 1 aliphatic rings. The second kappa shape index (κ2) is 6.49. The number of nitrogens with one attached hydrogen (secondary N) is 2. The summed E-state index contributed by atoms with van der Waals surface area (Å²) >= 11 is 0. The minimum atomic E-state index is -0.424. The monoisotopic (exact) mass is 276 g/mol. The Hall–Kier alpha value is -1.92. The third-order valence-electron chi connectivity index (χ3n) is 3.36. The van der Waals surface area contributed by atoms with Crippen molar-refractivity contribution >= 4 is 17.5 Å². The molecule has 1 atom stereocenters. The number of primary amides is 1. The summed E-state index contributed by atoms with van der Waals surface area (Å²) in [6.07, 6.45) is 0. The van der Waals surface area contributed by atoms with Gasteiger partial charge in [0.2, 0.25) is 11.8 Å². The van der Waals surface area contributed by atoms with Gasteiger partial charge in [-0.2, -0.15) is 0 Å². The third-order valence-corrected chi connectivity index (χ3v) is 3.36. The molecule has 1 heterocycles. The number of carbonyl (C=O) groups excluding carboxylic acids is 2. The normalized spacial score (nSPS) is 19.6. The zero-order valence-corrected chi connectivity index (χ0v) is 11.6. The van der Waals surface area contributed by atoms with Gasteiger partial charge < -0.3 is 16.4 Å². The average Bonchev–Trinajstić information content (AvgIpc) is 2.41. The average molecular weight is 276 g/mol. The number of hydrogen-bond acceptors (Lipinski definition) is 4. The minimum absolute atomic E-state index is 0.137. The molecular formula is C14H20N4O2. The van der Waals surface area contributed by atoms with Gasteiger partial charge in [-0.15, -0.1) is 0 Å². The molecule has 0 aromatic heterocycles. The van der Waals surface area contributed by atoms with Crippen molar-refractivity contribution in [3.8, 4) is 0 Å². The number of nitrogens with zero attached hydrogens (tertiary/aromatic N) is 1. The molecule has 1 aromatic rings. The highest BCUT2D eigenvalue weighted by Crippen LogP contribution is 2.09. The first-order valence-electron chi connectivity index (χ1n) is 6.67. The van der Waals surface area contributed by atoms with E-state index in [2.05, 4.69) is 10.6 Å². The smallest absolute Gasteiger partial charge is 0.238 e. The van der Waals surface area contributed by atoms with Crippen molar-refractivity contribution in [2.24, 2.45) is 5.73 Å². The number of aryl methyl sites for hydroxylation is 1. The maximum absolute atomic E-state index is 12.0. The van der Waals surface area contributed by atoms with E-state index >= 15 is 0 Å². The van der Waals surface area contributed by atoms with Crippen molar-refractivity contribution in [3.63, 3.8) is 0 Å². The van der Waals surface area contributed by atoms with Gasteiger partial charge in [-0.1, -0.05) is 17.7 Å². The largest absolute Gasteiger partial charge is 0.368 e. The molecule has 1 unspecified atom stereocenters. The van der Waals surface area contributed by atoms with Gasteiger partial charge in [0.1, 0.15) is 6.04 Å². The van der Waals surface area contributed by atoms with E-state index in [1.807, 2.05) is 36.1 Å². The lowest BCUT2D eigenvalue weighted by Gasteiger charge is -2.33. The van der Waals surface area contributed by atoms with Crippen LogP contribution in [0.5, 0.6) is 0 Å². The van der Waals surface area contributed by atoms with Crippen LogP contribution >= 0.6 is 0 Å². The molecule has 0 spiro atoms. The number of hydrogen-bond donors (Lipinski definition) is 3. The van der Waals surface area contributed by atoms with Gasteiger partial charge in [-0.3, -0.25) is 14.5 Å². The summed E-state index contributed by atoms with van der Waals surface area (Å²) in [5.74, 6) is -0.540. The van der Waals surface area contributed by atoms with Gasteiger partial charge in [0, 0.05) is 25.3 Å². The van der Waals surface area contributed by atoms with Crippen LogP contribution in [0.1, 0.15) is 5.56 Å². The lowest BCUT2D eigenvalue weighted by atomic mass is 10.2. The molecule has 4 N–H and O–H groups in total. The fraction of sp³-hybridized carbons (Fsp3) is 0.429. The summed E-state index contributed by atoms with van der Waals surface area (Å²) in [7, 11) is 0. The molecule has 1 aliphatic heterocycles. The molecule has 1 aromatic carbocycles. The lowest BCUT2D eigenvalue weighted by molar-refractivity contribution is -0.125. The molecule has 20 heavy (non-hydrogen) atoms. The Kier molecular flexibility index (Phi) is 4.70. The molecule has 0 radical (unpaired) electrons. The first-order valence-corrected chi connectivity index (χ1v) is 6.67. The highest BCUT2D eigenvalue weighted by Gasteiger charge is 2.28. The Balaban J connectivity index is 1.92. The van der Waals surface area contributed by atoms with Crippen LogP contribution in [0.2, 0.25) is 0 Å². The van der Waals surface area contributed by atoms with E-state index in [0.717, 1.165) is 17.8 Å².